The first kappa shape index (κ1) is 13.4. The summed E-state index contributed by atoms with van der Waals surface area (Å²) in [5, 5.41) is 0. The molecule has 0 radical (unpaired) electrons. The highest BCUT2D eigenvalue weighted by Crippen LogP contribution is 2.30. The van der Waals surface area contributed by atoms with Crippen LogP contribution in [0.5, 0.6) is 5.75 Å². The molecule has 6 heteroatoms. The second-order valence-electron chi connectivity index (χ2n) is 4.04. The molecule has 1 aliphatic rings. The maximum Gasteiger partial charge on any atom is 0.265 e. The van der Waals surface area contributed by atoms with E-state index in [2.05, 4.69) is 0 Å². The van der Waals surface area contributed by atoms with Crippen molar-refractivity contribution in [2.24, 2.45) is 0 Å². The van der Waals surface area contributed by atoms with Gasteiger partial charge in [-0.15, -0.1) is 0 Å². The molecular weight excluding hydrogens is 279 g/mol. The highest BCUT2D eigenvalue weighted by Gasteiger charge is 2.20. The summed E-state index contributed by atoms with van der Waals surface area (Å²) in [5.41, 5.74) is 0. The molecule has 1 aromatic carbocycles. The van der Waals surface area contributed by atoms with E-state index in [1.807, 2.05) is 12.2 Å². The van der Waals surface area contributed by atoms with E-state index in [0.29, 0.717) is 0 Å². The number of allylic oxidation sites excluding steroid dienone is 1. The molecule has 0 fully saturated rings. The smallest absolute Gasteiger partial charge is 0.265 e. The SMILES string of the molecule is O=S(=O)(Cl)c1cc(F)ccc1OC1C=CCCC1. The van der Waals surface area contributed by atoms with Crippen molar-refractivity contribution in [1.82, 2.24) is 0 Å². The van der Waals surface area contributed by atoms with Gasteiger partial charge in [-0.05, 0) is 43.5 Å². The molecular formula is C12H12ClFO3S. The molecule has 1 aliphatic carbocycles. The Labute approximate surface area is 110 Å². The van der Waals surface area contributed by atoms with E-state index in [9.17, 15) is 12.8 Å². The molecule has 0 aromatic heterocycles. The molecule has 2 rings (SSSR count). The van der Waals surface area contributed by atoms with Gasteiger partial charge in [-0.1, -0.05) is 6.08 Å². The van der Waals surface area contributed by atoms with Crippen molar-refractivity contribution < 1.29 is 17.5 Å². The zero-order valence-electron chi connectivity index (χ0n) is 9.47. The van der Waals surface area contributed by atoms with Crippen LogP contribution < -0.4 is 4.74 Å². The normalized spacial score (nSPS) is 19.8. The van der Waals surface area contributed by atoms with Crippen LogP contribution in [-0.2, 0) is 9.05 Å². The Kier molecular flexibility index (Phi) is 3.92. The minimum Gasteiger partial charge on any atom is -0.485 e. The first-order valence-corrected chi connectivity index (χ1v) is 7.85. The lowest BCUT2D eigenvalue weighted by Crippen LogP contribution is -2.16. The van der Waals surface area contributed by atoms with Crippen LogP contribution in [0.1, 0.15) is 19.3 Å². The Hall–Kier alpha value is -1.07. The molecule has 0 spiro atoms. The van der Waals surface area contributed by atoms with Gasteiger partial charge < -0.3 is 4.74 Å². The fourth-order valence-electron chi connectivity index (χ4n) is 1.81. The van der Waals surface area contributed by atoms with Gasteiger partial charge in [0, 0.05) is 10.7 Å². The predicted molar refractivity (Wildman–Crippen MR) is 66.8 cm³/mol. The van der Waals surface area contributed by atoms with Crippen LogP contribution in [0.4, 0.5) is 4.39 Å². The molecule has 98 valence electrons. The number of rotatable bonds is 3. The summed E-state index contributed by atoms with van der Waals surface area (Å²) in [4.78, 5) is -0.330. The van der Waals surface area contributed by atoms with Crippen LogP contribution in [-0.4, -0.2) is 14.5 Å². The van der Waals surface area contributed by atoms with Crippen molar-refractivity contribution in [1.29, 1.82) is 0 Å². The zero-order chi connectivity index (χ0) is 13.2. The molecule has 0 saturated carbocycles. The highest BCUT2D eigenvalue weighted by atomic mass is 35.7. The van der Waals surface area contributed by atoms with Crippen molar-refractivity contribution in [2.45, 2.75) is 30.3 Å². The van der Waals surface area contributed by atoms with Crippen molar-refractivity contribution in [3.05, 3.63) is 36.2 Å². The van der Waals surface area contributed by atoms with E-state index in [-0.39, 0.29) is 16.7 Å². The van der Waals surface area contributed by atoms with Crippen LogP contribution in [0.25, 0.3) is 0 Å². The largest absolute Gasteiger partial charge is 0.485 e. The Morgan fingerprint density at radius 2 is 2.17 bits per heavy atom. The summed E-state index contributed by atoms with van der Waals surface area (Å²) in [7, 11) is 1.24. The Morgan fingerprint density at radius 1 is 1.39 bits per heavy atom. The molecule has 0 aliphatic heterocycles. The number of ether oxygens (including phenoxy) is 1. The van der Waals surface area contributed by atoms with E-state index in [4.69, 9.17) is 15.4 Å². The first-order valence-electron chi connectivity index (χ1n) is 5.54. The highest BCUT2D eigenvalue weighted by molar-refractivity contribution is 8.13. The molecule has 0 heterocycles. The maximum atomic E-state index is 13.1. The van der Waals surface area contributed by atoms with Crippen LogP contribution in [0.3, 0.4) is 0 Å². The third-order valence-corrected chi connectivity index (χ3v) is 4.00. The number of halogens is 2. The van der Waals surface area contributed by atoms with E-state index >= 15 is 0 Å². The van der Waals surface area contributed by atoms with Crippen LogP contribution in [0.15, 0.2) is 35.2 Å². The fourth-order valence-corrected chi connectivity index (χ4v) is 2.78. The lowest BCUT2D eigenvalue weighted by molar-refractivity contribution is 0.224. The standard InChI is InChI=1S/C12H12ClFO3S/c13-18(15,16)12-8-9(14)6-7-11(12)17-10-4-2-1-3-5-10/h2,4,6-8,10H,1,3,5H2. The van der Waals surface area contributed by atoms with E-state index in [1.165, 1.54) is 6.07 Å². The molecule has 0 amide bonds. The quantitative estimate of drug-likeness (QED) is 0.634. The summed E-state index contributed by atoms with van der Waals surface area (Å²) in [6, 6.07) is 3.30. The predicted octanol–water partition coefficient (Wildman–Crippen LogP) is 3.24. The number of hydrogen-bond donors (Lipinski definition) is 0. The summed E-state index contributed by atoms with van der Waals surface area (Å²) < 4.78 is 41.3. The monoisotopic (exact) mass is 290 g/mol. The van der Waals surface area contributed by atoms with Crippen LogP contribution >= 0.6 is 10.7 Å². The lowest BCUT2D eigenvalue weighted by atomic mass is 10.1. The summed E-state index contributed by atoms with van der Waals surface area (Å²) in [6.07, 6.45) is 6.43. The average Bonchev–Trinajstić information content (AvgIpc) is 2.31. The molecule has 0 N–H and O–H groups in total. The minimum absolute atomic E-state index is 0.0861. The van der Waals surface area contributed by atoms with Gasteiger partial charge in [0.2, 0.25) is 0 Å². The van der Waals surface area contributed by atoms with Gasteiger partial charge in [0.05, 0.1) is 0 Å². The Bertz CT molecular complexity index is 569. The Morgan fingerprint density at radius 3 is 2.78 bits per heavy atom. The topological polar surface area (TPSA) is 43.4 Å². The lowest BCUT2D eigenvalue weighted by Gasteiger charge is -2.19. The second kappa shape index (κ2) is 5.28. The van der Waals surface area contributed by atoms with Gasteiger partial charge >= 0.3 is 0 Å². The van der Waals surface area contributed by atoms with E-state index in [0.717, 1.165) is 31.4 Å². The minimum atomic E-state index is -4.02. The average molecular weight is 291 g/mol. The van der Waals surface area contributed by atoms with Gasteiger partial charge in [0.1, 0.15) is 22.6 Å². The van der Waals surface area contributed by atoms with Crippen LogP contribution in [0, 0.1) is 5.82 Å². The fraction of sp³-hybridized carbons (Fsp3) is 0.333. The maximum absolute atomic E-state index is 13.1. The van der Waals surface area contributed by atoms with Gasteiger partial charge in [-0.25, -0.2) is 12.8 Å². The molecule has 1 atom stereocenters. The molecule has 1 unspecified atom stereocenters. The molecule has 3 nitrogen and oxygen atoms in total. The third-order valence-electron chi connectivity index (χ3n) is 2.66. The zero-order valence-corrected chi connectivity index (χ0v) is 11.0. The van der Waals surface area contributed by atoms with Crippen LogP contribution in [0.2, 0.25) is 0 Å². The van der Waals surface area contributed by atoms with Crippen molar-refractivity contribution in [2.75, 3.05) is 0 Å². The summed E-state index contributed by atoms with van der Waals surface area (Å²) in [6.45, 7) is 0. The Balaban J connectivity index is 2.32. The van der Waals surface area contributed by atoms with E-state index < -0.39 is 14.9 Å². The molecule has 0 bridgehead atoms. The second-order valence-corrected chi connectivity index (χ2v) is 6.58. The molecule has 18 heavy (non-hydrogen) atoms. The van der Waals surface area contributed by atoms with E-state index in [1.54, 1.807) is 0 Å². The summed E-state index contributed by atoms with van der Waals surface area (Å²) >= 11 is 0. The third kappa shape index (κ3) is 3.23. The van der Waals surface area contributed by atoms with Gasteiger partial charge in [0.25, 0.3) is 9.05 Å². The summed E-state index contributed by atoms with van der Waals surface area (Å²) in [5.74, 6) is -0.580. The van der Waals surface area contributed by atoms with Gasteiger partial charge in [-0.3, -0.25) is 0 Å². The first-order chi connectivity index (χ1) is 8.47. The molecule has 0 saturated heterocycles. The van der Waals surface area contributed by atoms with Crippen molar-refractivity contribution in [3.8, 4) is 5.75 Å². The number of hydrogen-bond acceptors (Lipinski definition) is 3. The van der Waals surface area contributed by atoms with Gasteiger partial charge in [0.15, 0.2) is 0 Å². The molecule has 1 aromatic rings. The van der Waals surface area contributed by atoms with Crippen molar-refractivity contribution in [3.63, 3.8) is 0 Å². The van der Waals surface area contributed by atoms with Gasteiger partial charge in [-0.2, -0.15) is 0 Å². The number of benzene rings is 1. The van der Waals surface area contributed by atoms with Crippen molar-refractivity contribution >= 4 is 19.7 Å².